The minimum Gasteiger partial charge on any atom is -0.453 e. The van der Waals surface area contributed by atoms with Crippen LogP contribution in [0.2, 0.25) is 0 Å². The van der Waals surface area contributed by atoms with Crippen molar-refractivity contribution >= 4 is 21.9 Å². The molecule has 7 nitrogen and oxygen atoms in total. The van der Waals surface area contributed by atoms with Crippen molar-refractivity contribution in [3.63, 3.8) is 0 Å². The molecule has 1 amide bonds. The van der Waals surface area contributed by atoms with Crippen LogP contribution in [0.15, 0.2) is 23.1 Å². The second-order valence-corrected chi connectivity index (χ2v) is 8.47. The molecule has 1 saturated carbocycles. The summed E-state index contributed by atoms with van der Waals surface area (Å²) in [4.78, 5) is 23.4. The maximum Gasteiger partial charge on any atom is 0.307 e. The third-order valence-corrected chi connectivity index (χ3v) is 5.91. The molecule has 0 heterocycles. The normalized spacial score (nSPS) is 16.4. The SMILES string of the molecule is CC(OC(=O)CCNS(=O)(=O)c1ccc(F)c(F)c1)C(=O)NC1CCCCC1. The van der Waals surface area contributed by atoms with Crippen LogP contribution in [0.25, 0.3) is 0 Å². The summed E-state index contributed by atoms with van der Waals surface area (Å²) in [6, 6.07) is 2.25. The zero-order valence-corrected chi connectivity index (χ0v) is 16.4. The Morgan fingerprint density at radius 3 is 2.50 bits per heavy atom. The second kappa shape index (κ2) is 9.92. The van der Waals surface area contributed by atoms with Gasteiger partial charge in [0.25, 0.3) is 5.91 Å². The summed E-state index contributed by atoms with van der Waals surface area (Å²) in [6.07, 6.45) is 3.75. The average Bonchev–Trinajstić information content (AvgIpc) is 2.64. The summed E-state index contributed by atoms with van der Waals surface area (Å²) in [6.45, 7) is 1.14. The Bertz CT molecular complexity index is 810. The first-order chi connectivity index (χ1) is 13.2. The zero-order valence-electron chi connectivity index (χ0n) is 15.5. The Labute approximate surface area is 162 Å². The lowest BCUT2D eigenvalue weighted by atomic mass is 9.95. The highest BCUT2D eigenvalue weighted by Gasteiger charge is 2.23. The molecule has 2 N–H and O–H groups in total. The zero-order chi connectivity index (χ0) is 20.7. The molecule has 10 heteroatoms. The molecule has 0 radical (unpaired) electrons. The van der Waals surface area contributed by atoms with Crippen LogP contribution < -0.4 is 10.0 Å². The van der Waals surface area contributed by atoms with Crippen molar-refractivity contribution < 1.29 is 31.5 Å². The van der Waals surface area contributed by atoms with Crippen molar-refractivity contribution in [3.05, 3.63) is 29.8 Å². The first-order valence-electron chi connectivity index (χ1n) is 9.13. The number of amides is 1. The number of carbonyl (C=O) groups excluding carboxylic acids is 2. The summed E-state index contributed by atoms with van der Waals surface area (Å²) >= 11 is 0. The molecule has 1 aromatic rings. The minimum absolute atomic E-state index is 0.0883. The first kappa shape index (κ1) is 22.2. The molecule has 28 heavy (non-hydrogen) atoms. The van der Waals surface area contributed by atoms with Crippen LogP contribution >= 0.6 is 0 Å². The van der Waals surface area contributed by atoms with Crippen LogP contribution in [0.1, 0.15) is 45.4 Å². The number of carbonyl (C=O) groups is 2. The highest BCUT2D eigenvalue weighted by molar-refractivity contribution is 7.89. The molecule has 1 fully saturated rings. The van der Waals surface area contributed by atoms with E-state index < -0.39 is 38.6 Å². The van der Waals surface area contributed by atoms with Gasteiger partial charge in [-0.3, -0.25) is 9.59 Å². The lowest BCUT2D eigenvalue weighted by Gasteiger charge is -2.24. The Morgan fingerprint density at radius 1 is 1.18 bits per heavy atom. The highest BCUT2D eigenvalue weighted by atomic mass is 32.2. The predicted octanol–water partition coefficient (Wildman–Crippen LogP) is 2.01. The van der Waals surface area contributed by atoms with E-state index in [-0.39, 0.29) is 24.9 Å². The molecule has 1 aliphatic rings. The van der Waals surface area contributed by atoms with Gasteiger partial charge in [0.2, 0.25) is 10.0 Å². The Hall–Kier alpha value is -2.07. The Morgan fingerprint density at radius 2 is 1.86 bits per heavy atom. The number of rotatable bonds is 8. The van der Waals surface area contributed by atoms with Crippen LogP contribution in [-0.2, 0) is 24.3 Å². The molecule has 0 spiro atoms. The molecule has 0 aliphatic heterocycles. The molecule has 156 valence electrons. The monoisotopic (exact) mass is 418 g/mol. The van der Waals surface area contributed by atoms with Crippen LogP contribution in [0.4, 0.5) is 8.78 Å². The number of nitrogens with one attached hydrogen (secondary N) is 2. The molecule has 2 rings (SSSR count). The number of hydrogen-bond acceptors (Lipinski definition) is 5. The summed E-state index contributed by atoms with van der Waals surface area (Å²) in [5.41, 5.74) is 0. The van der Waals surface area contributed by atoms with E-state index >= 15 is 0 Å². The number of halogens is 2. The Balaban J connectivity index is 1.76. The van der Waals surface area contributed by atoms with Gasteiger partial charge in [-0.05, 0) is 38.0 Å². The van der Waals surface area contributed by atoms with Gasteiger partial charge in [-0.2, -0.15) is 0 Å². The van der Waals surface area contributed by atoms with E-state index in [1.54, 1.807) is 0 Å². The van der Waals surface area contributed by atoms with E-state index in [0.29, 0.717) is 12.1 Å². The van der Waals surface area contributed by atoms with Crippen molar-refractivity contribution in [1.29, 1.82) is 0 Å². The van der Waals surface area contributed by atoms with Crippen LogP contribution in [0.5, 0.6) is 0 Å². The van der Waals surface area contributed by atoms with Gasteiger partial charge in [-0.15, -0.1) is 0 Å². The van der Waals surface area contributed by atoms with E-state index in [2.05, 4.69) is 10.0 Å². The quantitative estimate of drug-likeness (QED) is 0.629. The van der Waals surface area contributed by atoms with Gasteiger partial charge in [-0.25, -0.2) is 21.9 Å². The molecule has 1 aliphatic carbocycles. The van der Waals surface area contributed by atoms with E-state index in [9.17, 15) is 26.8 Å². The lowest BCUT2D eigenvalue weighted by molar-refractivity contribution is -0.155. The highest BCUT2D eigenvalue weighted by Crippen LogP contribution is 2.17. The predicted molar refractivity (Wildman–Crippen MR) is 96.7 cm³/mol. The van der Waals surface area contributed by atoms with E-state index in [1.165, 1.54) is 6.92 Å². The average molecular weight is 418 g/mol. The van der Waals surface area contributed by atoms with Gasteiger partial charge in [0.05, 0.1) is 11.3 Å². The molecular formula is C18H24F2N2O5S. The van der Waals surface area contributed by atoms with Crippen LogP contribution in [0.3, 0.4) is 0 Å². The minimum atomic E-state index is -4.10. The maximum absolute atomic E-state index is 13.2. The fourth-order valence-corrected chi connectivity index (χ4v) is 3.93. The van der Waals surface area contributed by atoms with Crippen molar-refractivity contribution in [3.8, 4) is 0 Å². The van der Waals surface area contributed by atoms with Gasteiger partial charge in [0.1, 0.15) is 0 Å². The van der Waals surface area contributed by atoms with Gasteiger partial charge in [0.15, 0.2) is 17.7 Å². The van der Waals surface area contributed by atoms with Crippen molar-refractivity contribution in [2.24, 2.45) is 0 Å². The summed E-state index contributed by atoms with van der Waals surface area (Å²) in [5.74, 6) is -3.59. The van der Waals surface area contributed by atoms with Crippen molar-refractivity contribution in [1.82, 2.24) is 10.0 Å². The smallest absolute Gasteiger partial charge is 0.307 e. The largest absolute Gasteiger partial charge is 0.453 e. The van der Waals surface area contributed by atoms with Crippen LogP contribution in [0, 0.1) is 11.6 Å². The summed E-state index contributed by atoms with van der Waals surface area (Å²) < 4.78 is 57.2. The second-order valence-electron chi connectivity index (χ2n) is 6.70. The van der Waals surface area contributed by atoms with E-state index in [1.807, 2.05) is 0 Å². The third kappa shape index (κ3) is 6.52. The van der Waals surface area contributed by atoms with E-state index in [4.69, 9.17) is 4.74 Å². The number of benzene rings is 1. The van der Waals surface area contributed by atoms with Crippen molar-refractivity contribution in [2.45, 2.75) is 62.5 Å². The lowest BCUT2D eigenvalue weighted by Crippen LogP contribution is -2.43. The molecule has 1 atom stereocenters. The number of sulfonamides is 1. The summed E-state index contributed by atoms with van der Waals surface area (Å²) in [5, 5.41) is 2.84. The molecule has 1 unspecified atom stereocenters. The Kier molecular flexibility index (Phi) is 7.88. The fourth-order valence-electron chi connectivity index (χ4n) is 2.89. The van der Waals surface area contributed by atoms with Gasteiger partial charge in [0, 0.05) is 12.6 Å². The topological polar surface area (TPSA) is 102 Å². The standard InChI is InChI=1S/C18H24F2N2O5S/c1-12(18(24)22-13-5-3-2-4-6-13)27-17(23)9-10-21-28(25,26)14-7-8-15(19)16(20)11-14/h7-8,11-13,21H,2-6,9-10H2,1H3,(H,22,24). The third-order valence-electron chi connectivity index (χ3n) is 4.45. The van der Waals surface area contributed by atoms with Crippen LogP contribution in [-0.4, -0.2) is 39.0 Å². The number of esters is 1. The maximum atomic E-state index is 13.2. The van der Waals surface area contributed by atoms with Gasteiger partial charge < -0.3 is 10.1 Å². The van der Waals surface area contributed by atoms with Gasteiger partial charge >= 0.3 is 5.97 Å². The molecule has 1 aromatic carbocycles. The summed E-state index contributed by atoms with van der Waals surface area (Å²) in [7, 11) is -4.10. The number of hydrogen-bond donors (Lipinski definition) is 2. The molecule has 0 bridgehead atoms. The molecular weight excluding hydrogens is 394 g/mol. The fraction of sp³-hybridized carbons (Fsp3) is 0.556. The van der Waals surface area contributed by atoms with E-state index in [0.717, 1.165) is 38.2 Å². The molecule has 0 saturated heterocycles. The molecule has 0 aromatic heterocycles. The number of ether oxygens (including phenoxy) is 1. The first-order valence-corrected chi connectivity index (χ1v) is 10.6. The van der Waals surface area contributed by atoms with Crippen molar-refractivity contribution in [2.75, 3.05) is 6.54 Å². The van der Waals surface area contributed by atoms with Gasteiger partial charge in [-0.1, -0.05) is 19.3 Å².